The van der Waals surface area contributed by atoms with E-state index in [1.165, 1.54) is 0 Å². The highest BCUT2D eigenvalue weighted by Crippen LogP contribution is 2.28. The molecule has 4 heteroatoms. The van der Waals surface area contributed by atoms with E-state index in [1.54, 1.807) is 0 Å². The Balaban J connectivity index is 4.49. The summed E-state index contributed by atoms with van der Waals surface area (Å²) in [5, 5.41) is 0. The van der Waals surface area contributed by atoms with E-state index >= 15 is 0 Å². The first-order chi connectivity index (χ1) is 6.67. The SMILES string of the molecule is CCC(Cl)(CC)[C@H](C)N[S@](=O)C(C)(C)C. The van der Waals surface area contributed by atoms with Crippen LogP contribution in [0.4, 0.5) is 0 Å². The molecule has 0 heterocycles. The second-order valence-corrected chi connectivity index (χ2v) is 7.71. The maximum absolute atomic E-state index is 11.9. The van der Waals surface area contributed by atoms with Crippen LogP contribution in [0.3, 0.4) is 0 Å². The van der Waals surface area contributed by atoms with Crippen molar-refractivity contribution in [1.82, 2.24) is 4.72 Å². The van der Waals surface area contributed by atoms with E-state index < -0.39 is 11.0 Å². The molecule has 0 aliphatic carbocycles. The van der Waals surface area contributed by atoms with Crippen LogP contribution in [0.5, 0.6) is 0 Å². The monoisotopic (exact) mass is 253 g/mol. The van der Waals surface area contributed by atoms with Crippen molar-refractivity contribution in [3.63, 3.8) is 0 Å². The summed E-state index contributed by atoms with van der Waals surface area (Å²) in [4.78, 5) is -0.291. The number of alkyl halides is 1. The Labute approximate surface area is 102 Å². The Hall–Kier alpha value is 0.400. The molecule has 0 saturated heterocycles. The minimum Gasteiger partial charge on any atom is -0.242 e. The number of halogens is 1. The van der Waals surface area contributed by atoms with E-state index in [0.717, 1.165) is 12.8 Å². The van der Waals surface area contributed by atoms with Gasteiger partial charge in [-0.1, -0.05) is 13.8 Å². The molecule has 92 valence electrons. The third-order valence-electron chi connectivity index (χ3n) is 2.79. The number of nitrogens with one attached hydrogen (secondary N) is 1. The van der Waals surface area contributed by atoms with Gasteiger partial charge in [-0.25, -0.2) is 8.93 Å². The number of rotatable bonds is 5. The van der Waals surface area contributed by atoms with Gasteiger partial charge in [0.05, 0.1) is 20.6 Å². The van der Waals surface area contributed by atoms with E-state index in [2.05, 4.69) is 18.6 Å². The van der Waals surface area contributed by atoms with Crippen LogP contribution in [0.2, 0.25) is 0 Å². The first-order valence-corrected chi connectivity index (χ1v) is 7.07. The molecule has 0 spiro atoms. The number of hydrogen-bond acceptors (Lipinski definition) is 1. The zero-order valence-electron chi connectivity index (χ0n) is 10.7. The van der Waals surface area contributed by atoms with Crippen LogP contribution in [-0.2, 0) is 11.0 Å². The second kappa shape index (κ2) is 5.65. The van der Waals surface area contributed by atoms with Gasteiger partial charge in [-0.15, -0.1) is 11.6 Å². The molecule has 0 aromatic heterocycles. The van der Waals surface area contributed by atoms with Gasteiger partial charge in [-0.2, -0.15) is 0 Å². The summed E-state index contributed by atoms with van der Waals surface area (Å²) in [6.45, 7) is 12.0. The first-order valence-electron chi connectivity index (χ1n) is 5.54. The van der Waals surface area contributed by atoms with Gasteiger partial charge in [0.2, 0.25) is 0 Å². The molecule has 0 aliphatic heterocycles. The molecule has 2 nitrogen and oxygen atoms in total. The summed E-state index contributed by atoms with van der Waals surface area (Å²) < 4.78 is 14.8. The smallest absolute Gasteiger partial charge is 0.0973 e. The molecule has 0 aliphatic rings. The second-order valence-electron chi connectivity index (χ2n) is 4.96. The lowest BCUT2D eigenvalue weighted by Gasteiger charge is -2.33. The predicted molar refractivity (Wildman–Crippen MR) is 69.7 cm³/mol. The summed E-state index contributed by atoms with van der Waals surface area (Å²) in [5.41, 5.74) is 0. The highest BCUT2D eigenvalue weighted by atomic mass is 35.5. The lowest BCUT2D eigenvalue weighted by Crippen LogP contribution is -2.48. The molecule has 0 aromatic carbocycles. The Kier molecular flexibility index (Phi) is 5.80. The van der Waals surface area contributed by atoms with Crippen LogP contribution in [0.1, 0.15) is 54.4 Å². The van der Waals surface area contributed by atoms with E-state index in [0.29, 0.717) is 0 Å². The average Bonchev–Trinajstić information content (AvgIpc) is 2.14. The van der Waals surface area contributed by atoms with Crippen LogP contribution in [0, 0.1) is 0 Å². The van der Waals surface area contributed by atoms with Crippen molar-refractivity contribution < 1.29 is 4.21 Å². The minimum absolute atomic E-state index is 0.0502. The normalized spacial score (nSPS) is 17.5. The van der Waals surface area contributed by atoms with Crippen molar-refractivity contribution in [2.75, 3.05) is 0 Å². The molecule has 0 amide bonds. The largest absolute Gasteiger partial charge is 0.242 e. The molecule has 0 bridgehead atoms. The standard InChI is InChI=1S/C11H24ClNOS/c1-7-11(12,8-2)9(3)13-15(14)10(4,5)6/h9,13H,7-8H2,1-6H3/t9-,15+/m0/s1. The fraction of sp³-hybridized carbons (Fsp3) is 1.00. The highest BCUT2D eigenvalue weighted by molar-refractivity contribution is 7.84. The van der Waals surface area contributed by atoms with Crippen LogP contribution < -0.4 is 4.72 Å². The van der Waals surface area contributed by atoms with E-state index in [-0.39, 0.29) is 15.7 Å². The fourth-order valence-electron chi connectivity index (χ4n) is 1.31. The summed E-state index contributed by atoms with van der Waals surface area (Å²) in [6, 6.07) is 0.0502. The van der Waals surface area contributed by atoms with Gasteiger partial charge >= 0.3 is 0 Å². The summed E-state index contributed by atoms with van der Waals surface area (Å²) in [6.07, 6.45) is 1.75. The molecule has 0 aromatic rings. The Bertz CT molecular complexity index is 221. The molecular weight excluding hydrogens is 230 g/mol. The van der Waals surface area contributed by atoms with Crippen molar-refractivity contribution in [2.45, 2.75) is 70.0 Å². The topological polar surface area (TPSA) is 29.1 Å². The van der Waals surface area contributed by atoms with Gasteiger partial charge in [0.1, 0.15) is 0 Å². The van der Waals surface area contributed by atoms with Crippen molar-refractivity contribution in [3.8, 4) is 0 Å². The molecule has 0 saturated carbocycles. The predicted octanol–water partition coefficient (Wildman–Crippen LogP) is 3.22. The average molecular weight is 254 g/mol. The zero-order valence-corrected chi connectivity index (χ0v) is 12.3. The maximum Gasteiger partial charge on any atom is 0.0973 e. The quantitative estimate of drug-likeness (QED) is 0.749. The first kappa shape index (κ1) is 15.4. The molecule has 1 N–H and O–H groups in total. The fourth-order valence-corrected chi connectivity index (χ4v) is 2.32. The maximum atomic E-state index is 11.9. The van der Waals surface area contributed by atoms with Gasteiger partial charge in [0.25, 0.3) is 0 Å². The van der Waals surface area contributed by atoms with Crippen molar-refractivity contribution in [3.05, 3.63) is 0 Å². The van der Waals surface area contributed by atoms with Gasteiger partial charge in [-0.3, -0.25) is 0 Å². The summed E-state index contributed by atoms with van der Waals surface area (Å²) in [5.74, 6) is 0. The van der Waals surface area contributed by atoms with E-state index in [4.69, 9.17) is 11.6 Å². The van der Waals surface area contributed by atoms with Crippen LogP contribution in [0.15, 0.2) is 0 Å². The molecule has 0 fully saturated rings. The van der Waals surface area contributed by atoms with Crippen LogP contribution in [-0.4, -0.2) is 19.9 Å². The van der Waals surface area contributed by atoms with Crippen molar-refractivity contribution in [2.24, 2.45) is 0 Å². The van der Waals surface area contributed by atoms with Crippen LogP contribution >= 0.6 is 11.6 Å². The minimum atomic E-state index is -1.05. The third-order valence-corrected chi connectivity index (χ3v) is 5.33. The lowest BCUT2D eigenvalue weighted by atomic mass is 9.95. The molecule has 0 unspecified atom stereocenters. The van der Waals surface area contributed by atoms with E-state index in [9.17, 15) is 4.21 Å². The Morgan fingerprint density at radius 2 is 1.67 bits per heavy atom. The Morgan fingerprint density at radius 3 is 1.93 bits per heavy atom. The third kappa shape index (κ3) is 4.41. The van der Waals surface area contributed by atoms with Crippen molar-refractivity contribution in [1.29, 1.82) is 0 Å². The molecule has 0 rings (SSSR count). The summed E-state index contributed by atoms with van der Waals surface area (Å²) >= 11 is 6.46. The molecule has 2 atom stereocenters. The van der Waals surface area contributed by atoms with E-state index in [1.807, 2.05) is 27.7 Å². The number of hydrogen-bond donors (Lipinski definition) is 1. The van der Waals surface area contributed by atoms with Gasteiger partial charge in [-0.05, 0) is 40.5 Å². The van der Waals surface area contributed by atoms with Gasteiger partial charge < -0.3 is 0 Å². The Morgan fingerprint density at radius 1 is 1.27 bits per heavy atom. The highest BCUT2D eigenvalue weighted by Gasteiger charge is 2.33. The summed E-state index contributed by atoms with van der Waals surface area (Å²) in [7, 11) is -1.05. The molecule has 0 radical (unpaired) electrons. The van der Waals surface area contributed by atoms with Crippen LogP contribution in [0.25, 0.3) is 0 Å². The van der Waals surface area contributed by atoms with Gasteiger partial charge in [0.15, 0.2) is 0 Å². The van der Waals surface area contributed by atoms with Crippen molar-refractivity contribution >= 4 is 22.6 Å². The molecular formula is C11H24ClNOS. The van der Waals surface area contributed by atoms with Gasteiger partial charge in [0, 0.05) is 6.04 Å². The lowest BCUT2D eigenvalue weighted by molar-refractivity contribution is 0.430. The zero-order chi connectivity index (χ0) is 12.3. The molecule has 15 heavy (non-hydrogen) atoms.